The van der Waals surface area contributed by atoms with Crippen LogP contribution in [-0.4, -0.2) is 21.4 Å². The van der Waals surface area contributed by atoms with E-state index in [0.29, 0.717) is 5.54 Å². The lowest BCUT2D eigenvalue weighted by Crippen LogP contribution is -2.45. The summed E-state index contributed by atoms with van der Waals surface area (Å²) in [5.74, 6) is 1.19. The normalized spacial score (nSPS) is 25.7. The molecule has 5 heteroatoms. The van der Waals surface area contributed by atoms with Gasteiger partial charge >= 0.3 is 0 Å². The third-order valence-electron chi connectivity index (χ3n) is 3.97. The number of amidine groups is 1. The summed E-state index contributed by atoms with van der Waals surface area (Å²) in [4.78, 5) is 9.36. The Morgan fingerprint density at radius 3 is 2.84 bits per heavy atom. The van der Waals surface area contributed by atoms with Gasteiger partial charge in [0.15, 0.2) is 5.17 Å². The summed E-state index contributed by atoms with van der Waals surface area (Å²) in [5, 5.41) is 8.05. The summed E-state index contributed by atoms with van der Waals surface area (Å²) in [6.07, 6.45) is 6.74. The van der Waals surface area contributed by atoms with Gasteiger partial charge in [-0.1, -0.05) is 31.0 Å². The van der Waals surface area contributed by atoms with Gasteiger partial charge in [0.2, 0.25) is 0 Å². The van der Waals surface area contributed by atoms with Gasteiger partial charge in [-0.15, -0.1) is 11.3 Å². The van der Waals surface area contributed by atoms with Crippen LogP contribution in [0.25, 0.3) is 0 Å². The molecule has 1 saturated heterocycles. The Labute approximate surface area is 123 Å². The zero-order valence-electron chi connectivity index (χ0n) is 11.6. The van der Waals surface area contributed by atoms with Crippen LogP contribution < -0.4 is 5.32 Å². The Kier molecular flexibility index (Phi) is 3.85. The van der Waals surface area contributed by atoms with Crippen molar-refractivity contribution >= 4 is 28.3 Å². The molecule has 0 amide bonds. The van der Waals surface area contributed by atoms with E-state index in [4.69, 9.17) is 4.99 Å². The van der Waals surface area contributed by atoms with E-state index in [-0.39, 0.29) is 6.04 Å². The molecule has 2 aliphatic rings. The van der Waals surface area contributed by atoms with Crippen LogP contribution in [0.4, 0.5) is 0 Å². The monoisotopic (exact) mass is 295 g/mol. The van der Waals surface area contributed by atoms with Crippen molar-refractivity contribution in [2.24, 2.45) is 4.99 Å². The second-order valence-corrected chi connectivity index (χ2v) is 7.55. The number of aryl methyl sites for hydroxylation is 1. The molecule has 1 unspecified atom stereocenters. The van der Waals surface area contributed by atoms with E-state index in [0.717, 1.165) is 15.9 Å². The molecule has 104 valence electrons. The highest BCUT2D eigenvalue weighted by Gasteiger charge is 2.38. The van der Waals surface area contributed by atoms with Crippen LogP contribution in [0.5, 0.6) is 0 Å². The summed E-state index contributed by atoms with van der Waals surface area (Å²) in [7, 11) is 0. The predicted molar refractivity (Wildman–Crippen MR) is 84.1 cm³/mol. The average molecular weight is 295 g/mol. The summed E-state index contributed by atoms with van der Waals surface area (Å²) in [5.41, 5.74) is 1.45. The number of hydrogen-bond donors (Lipinski definition) is 1. The Morgan fingerprint density at radius 2 is 2.16 bits per heavy atom. The van der Waals surface area contributed by atoms with E-state index in [9.17, 15) is 0 Å². The molecule has 1 atom stereocenters. The Balaban J connectivity index is 1.68. The van der Waals surface area contributed by atoms with Crippen LogP contribution >= 0.6 is 23.1 Å². The number of aromatic nitrogens is 1. The summed E-state index contributed by atoms with van der Waals surface area (Å²) in [6, 6.07) is 0.174. The topological polar surface area (TPSA) is 37.3 Å². The predicted octanol–water partition coefficient (Wildman–Crippen LogP) is 3.91. The summed E-state index contributed by atoms with van der Waals surface area (Å²) >= 11 is 3.61. The zero-order chi connectivity index (χ0) is 13.3. The summed E-state index contributed by atoms with van der Waals surface area (Å²) in [6.45, 7) is 4.18. The lowest BCUT2D eigenvalue weighted by Gasteiger charge is -2.32. The maximum absolute atomic E-state index is 4.83. The first-order chi connectivity index (χ1) is 9.17. The second-order valence-electron chi connectivity index (χ2n) is 5.69. The molecule has 3 nitrogen and oxygen atoms in total. The van der Waals surface area contributed by atoms with Crippen molar-refractivity contribution in [1.29, 1.82) is 0 Å². The van der Waals surface area contributed by atoms with Crippen LogP contribution in [0.3, 0.4) is 0 Å². The zero-order valence-corrected chi connectivity index (χ0v) is 13.2. The van der Waals surface area contributed by atoms with E-state index < -0.39 is 0 Å². The lowest BCUT2D eigenvalue weighted by molar-refractivity contribution is 0.303. The molecule has 2 fully saturated rings. The minimum atomic E-state index is 0.174. The fourth-order valence-electron chi connectivity index (χ4n) is 2.87. The van der Waals surface area contributed by atoms with Gasteiger partial charge in [0.05, 0.1) is 0 Å². The molecule has 19 heavy (non-hydrogen) atoms. The number of thioether (sulfide) groups is 1. The van der Waals surface area contributed by atoms with Gasteiger partial charge in [-0.25, -0.2) is 4.98 Å². The van der Waals surface area contributed by atoms with Crippen LogP contribution in [0, 0.1) is 6.92 Å². The molecule has 1 aliphatic carbocycles. The van der Waals surface area contributed by atoms with Crippen molar-refractivity contribution in [2.45, 2.75) is 57.5 Å². The number of rotatable bonds is 2. The quantitative estimate of drug-likeness (QED) is 0.899. The number of nitrogens with one attached hydrogen (secondary N) is 1. The highest BCUT2D eigenvalue weighted by molar-refractivity contribution is 8.14. The molecule has 0 bridgehead atoms. The SMILES string of the molecule is Cc1csc(C(C)N=C2NC3(CCCCC3)CS2)n1. The number of aliphatic imine (C=N–C) groups is 1. The minimum absolute atomic E-state index is 0.174. The number of nitrogens with zero attached hydrogens (tertiary/aromatic N) is 2. The first kappa shape index (κ1) is 13.4. The first-order valence-electron chi connectivity index (χ1n) is 7.08. The summed E-state index contributed by atoms with van der Waals surface area (Å²) < 4.78 is 0. The average Bonchev–Trinajstić information content (AvgIpc) is 2.98. The molecular weight excluding hydrogens is 274 g/mol. The minimum Gasteiger partial charge on any atom is -0.359 e. The van der Waals surface area contributed by atoms with Gasteiger partial charge in [0.1, 0.15) is 11.0 Å². The van der Waals surface area contributed by atoms with Crippen molar-refractivity contribution in [3.63, 3.8) is 0 Å². The number of hydrogen-bond acceptors (Lipinski definition) is 4. The maximum Gasteiger partial charge on any atom is 0.157 e. The molecule has 0 aromatic carbocycles. The highest BCUT2D eigenvalue weighted by atomic mass is 32.2. The molecule has 2 heterocycles. The standard InChI is InChI=1S/C14H21N3S2/c1-10-8-18-12(15-10)11(2)16-13-17-14(9-19-13)6-4-3-5-7-14/h8,11H,3-7,9H2,1-2H3,(H,16,17). The molecule has 1 aromatic rings. The Morgan fingerprint density at radius 1 is 1.37 bits per heavy atom. The van der Waals surface area contributed by atoms with E-state index in [1.54, 1.807) is 11.3 Å². The molecule has 3 rings (SSSR count). The van der Waals surface area contributed by atoms with Gasteiger partial charge in [-0.3, -0.25) is 4.99 Å². The van der Waals surface area contributed by atoms with Crippen molar-refractivity contribution < 1.29 is 0 Å². The Hall–Kier alpha value is -0.550. The molecular formula is C14H21N3S2. The smallest absolute Gasteiger partial charge is 0.157 e. The Bertz CT molecular complexity index is 475. The van der Waals surface area contributed by atoms with E-state index in [1.165, 1.54) is 37.9 Å². The largest absolute Gasteiger partial charge is 0.359 e. The van der Waals surface area contributed by atoms with Crippen molar-refractivity contribution in [3.05, 3.63) is 16.1 Å². The van der Waals surface area contributed by atoms with Crippen molar-refractivity contribution in [2.75, 3.05) is 5.75 Å². The van der Waals surface area contributed by atoms with Gasteiger partial charge < -0.3 is 5.32 Å². The third-order valence-corrected chi connectivity index (χ3v) is 6.28. The fourth-order valence-corrected chi connectivity index (χ4v) is 4.95. The highest BCUT2D eigenvalue weighted by Crippen LogP contribution is 2.37. The van der Waals surface area contributed by atoms with Crippen LogP contribution in [-0.2, 0) is 0 Å². The van der Waals surface area contributed by atoms with Gasteiger partial charge in [0, 0.05) is 22.4 Å². The molecule has 1 spiro atoms. The van der Waals surface area contributed by atoms with Crippen molar-refractivity contribution in [1.82, 2.24) is 10.3 Å². The van der Waals surface area contributed by atoms with Crippen LogP contribution in [0.15, 0.2) is 10.4 Å². The first-order valence-corrected chi connectivity index (χ1v) is 8.94. The fraction of sp³-hybridized carbons (Fsp3) is 0.714. The van der Waals surface area contributed by atoms with Gasteiger partial charge in [-0.05, 0) is 26.7 Å². The van der Waals surface area contributed by atoms with Crippen molar-refractivity contribution in [3.8, 4) is 0 Å². The van der Waals surface area contributed by atoms with E-state index in [2.05, 4.69) is 22.6 Å². The van der Waals surface area contributed by atoms with Crippen LogP contribution in [0.1, 0.15) is 55.8 Å². The van der Waals surface area contributed by atoms with E-state index >= 15 is 0 Å². The van der Waals surface area contributed by atoms with Gasteiger partial charge in [0.25, 0.3) is 0 Å². The molecule has 1 saturated carbocycles. The van der Waals surface area contributed by atoms with Gasteiger partial charge in [-0.2, -0.15) is 0 Å². The van der Waals surface area contributed by atoms with E-state index in [1.807, 2.05) is 18.7 Å². The molecule has 1 aromatic heterocycles. The molecule has 1 aliphatic heterocycles. The third kappa shape index (κ3) is 2.97. The second kappa shape index (κ2) is 5.44. The molecule has 1 N–H and O–H groups in total. The van der Waals surface area contributed by atoms with Crippen LogP contribution in [0.2, 0.25) is 0 Å². The maximum atomic E-state index is 4.83. The lowest BCUT2D eigenvalue weighted by atomic mass is 9.83. The number of thiazole rings is 1. The molecule has 0 radical (unpaired) electrons.